The van der Waals surface area contributed by atoms with Crippen LogP contribution in [0.2, 0.25) is 0 Å². The number of hydrogen-bond donors (Lipinski definition) is 2. The predicted octanol–water partition coefficient (Wildman–Crippen LogP) is 0.778. The summed E-state index contributed by atoms with van der Waals surface area (Å²) in [7, 11) is 0. The van der Waals surface area contributed by atoms with E-state index in [1.165, 1.54) is 5.56 Å². The molecule has 0 radical (unpaired) electrons. The summed E-state index contributed by atoms with van der Waals surface area (Å²) in [5.41, 5.74) is 6.84. The fourth-order valence-electron chi connectivity index (χ4n) is 2.45. The van der Waals surface area contributed by atoms with E-state index in [-0.39, 0.29) is 11.8 Å². The van der Waals surface area contributed by atoms with Gasteiger partial charge in [0.2, 0.25) is 0 Å². The zero-order valence-corrected chi connectivity index (χ0v) is 9.75. The molecule has 4 nitrogen and oxygen atoms in total. The summed E-state index contributed by atoms with van der Waals surface area (Å²) in [5, 5.41) is 9.12. The van der Waals surface area contributed by atoms with Crippen LogP contribution in [0, 0.1) is 11.8 Å². The van der Waals surface area contributed by atoms with Gasteiger partial charge in [0.1, 0.15) is 0 Å². The number of carboxylic acids is 1. The third-order valence-corrected chi connectivity index (χ3v) is 3.39. The Bertz CT molecular complexity index is 380. The topological polar surface area (TPSA) is 66.6 Å². The van der Waals surface area contributed by atoms with Crippen molar-refractivity contribution in [1.82, 2.24) is 4.90 Å². The molecule has 0 saturated carbocycles. The second kappa shape index (κ2) is 5.29. The van der Waals surface area contributed by atoms with Crippen molar-refractivity contribution in [1.29, 1.82) is 0 Å². The molecule has 1 aliphatic rings. The van der Waals surface area contributed by atoms with E-state index in [2.05, 4.69) is 17.0 Å². The summed E-state index contributed by atoms with van der Waals surface area (Å²) in [6, 6.07) is 10.1. The van der Waals surface area contributed by atoms with E-state index >= 15 is 0 Å². The minimum atomic E-state index is -0.726. The molecular formula is C13H18N2O2. The third-order valence-electron chi connectivity index (χ3n) is 3.39. The maximum Gasteiger partial charge on any atom is 0.308 e. The smallest absolute Gasteiger partial charge is 0.308 e. The number of nitrogens with zero attached hydrogens (tertiary/aromatic N) is 1. The predicted molar refractivity (Wildman–Crippen MR) is 65.4 cm³/mol. The van der Waals surface area contributed by atoms with Gasteiger partial charge in [-0.15, -0.1) is 0 Å². The molecule has 0 unspecified atom stereocenters. The van der Waals surface area contributed by atoms with Crippen LogP contribution in [0.5, 0.6) is 0 Å². The molecule has 92 valence electrons. The van der Waals surface area contributed by atoms with E-state index in [0.717, 1.165) is 13.1 Å². The van der Waals surface area contributed by atoms with Gasteiger partial charge < -0.3 is 10.8 Å². The van der Waals surface area contributed by atoms with Gasteiger partial charge in [-0.1, -0.05) is 30.3 Å². The molecule has 1 aromatic carbocycles. The molecule has 17 heavy (non-hydrogen) atoms. The van der Waals surface area contributed by atoms with E-state index < -0.39 is 5.97 Å². The Morgan fingerprint density at radius 1 is 1.35 bits per heavy atom. The van der Waals surface area contributed by atoms with E-state index in [1.54, 1.807) is 0 Å². The lowest BCUT2D eigenvalue weighted by atomic mass is 9.97. The lowest BCUT2D eigenvalue weighted by Crippen LogP contribution is -2.27. The van der Waals surface area contributed by atoms with Crippen molar-refractivity contribution >= 4 is 5.97 Å². The molecule has 1 heterocycles. The molecule has 0 aromatic heterocycles. The Labute approximate surface area is 101 Å². The first-order chi connectivity index (χ1) is 8.20. The summed E-state index contributed by atoms with van der Waals surface area (Å²) < 4.78 is 0. The fourth-order valence-corrected chi connectivity index (χ4v) is 2.45. The second-order valence-electron chi connectivity index (χ2n) is 4.62. The maximum absolute atomic E-state index is 11.1. The highest BCUT2D eigenvalue weighted by Crippen LogP contribution is 2.24. The minimum Gasteiger partial charge on any atom is -0.481 e. The van der Waals surface area contributed by atoms with E-state index in [0.29, 0.717) is 13.1 Å². The molecule has 0 spiro atoms. The van der Waals surface area contributed by atoms with Gasteiger partial charge >= 0.3 is 5.97 Å². The minimum absolute atomic E-state index is 0.0798. The van der Waals surface area contributed by atoms with Gasteiger partial charge in [-0.25, -0.2) is 0 Å². The number of nitrogens with two attached hydrogens (primary N) is 1. The number of carbonyl (C=O) groups is 1. The Morgan fingerprint density at radius 3 is 2.59 bits per heavy atom. The standard InChI is InChI=1S/C13H18N2O2/c14-6-11-8-15(9-12(11)13(16)17)7-10-4-2-1-3-5-10/h1-5,11-12H,6-9,14H2,(H,16,17)/t11-,12-/m1/s1. The summed E-state index contributed by atoms with van der Waals surface area (Å²) in [6.07, 6.45) is 0. The molecule has 2 rings (SSSR count). The highest BCUT2D eigenvalue weighted by atomic mass is 16.4. The number of benzene rings is 1. The molecule has 0 amide bonds. The van der Waals surface area contributed by atoms with Crippen LogP contribution in [-0.2, 0) is 11.3 Å². The van der Waals surface area contributed by atoms with Crippen molar-refractivity contribution in [2.24, 2.45) is 17.6 Å². The molecule has 0 aliphatic carbocycles. The Morgan fingerprint density at radius 2 is 2.06 bits per heavy atom. The van der Waals surface area contributed by atoms with Crippen molar-refractivity contribution in [2.45, 2.75) is 6.54 Å². The first-order valence-electron chi connectivity index (χ1n) is 5.90. The Kier molecular flexibility index (Phi) is 3.76. The number of rotatable bonds is 4. The molecule has 0 bridgehead atoms. The molecule has 1 aromatic rings. The van der Waals surface area contributed by atoms with Crippen LogP contribution in [-0.4, -0.2) is 35.6 Å². The third kappa shape index (κ3) is 2.84. The van der Waals surface area contributed by atoms with Gasteiger partial charge in [-0.3, -0.25) is 9.69 Å². The van der Waals surface area contributed by atoms with E-state index in [9.17, 15) is 4.79 Å². The van der Waals surface area contributed by atoms with Gasteiger partial charge in [-0.05, 0) is 18.0 Å². The number of carboxylic acid groups (broad SMARTS) is 1. The van der Waals surface area contributed by atoms with Crippen LogP contribution in [0.15, 0.2) is 30.3 Å². The SMILES string of the molecule is NC[C@@H]1CN(Cc2ccccc2)C[C@H]1C(=O)O. The first kappa shape index (κ1) is 12.1. The second-order valence-corrected chi connectivity index (χ2v) is 4.62. The van der Waals surface area contributed by atoms with Crippen LogP contribution in [0.3, 0.4) is 0 Å². The van der Waals surface area contributed by atoms with Crippen molar-refractivity contribution < 1.29 is 9.90 Å². The number of likely N-dealkylation sites (tertiary alicyclic amines) is 1. The molecule has 1 saturated heterocycles. The van der Waals surface area contributed by atoms with Gasteiger partial charge in [0.15, 0.2) is 0 Å². The number of aliphatic carboxylic acids is 1. The molecule has 2 atom stereocenters. The van der Waals surface area contributed by atoms with Crippen molar-refractivity contribution in [3.05, 3.63) is 35.9 Å². The largest absolute Gasteiger partial charge is 0.481 e. The van der Waals surface area contributed by atoms with Crippen LogP contribution in [0.1, 0.15) is 5.56 Å². The quantitative estimate of drug-likeness (QED) is 0.808. The number of hydrogen-bond acceptors (Lipinski definition) is 3. The van der Waals surface area contributed by atoms with Gasteiger partial charge in [0, 0.05) is 19.6 Å². The summed E-state index contributed by atoms with van der Waals surface area (Å²) >= 11 is 0. The van der Waals surface area contributed by atoms with Gasteiger partial charge in [0.05, 0.1) is 5.92 Å². The van der Waals surface area contributed by atoms with E-state index in [4.69, 9.17) is 10.8 Å². The molecule has 4 heteroatoms. The molecular weight excluding hydrogens is 216 g/mol. The zero-order valence-electron chi connectivity index (χ0n) is 9.75. The summed E-state index contributed by atoms with van der Waals surface area (Å²) in [6.45, 7) is 2.64. The highest BCUT2D eigenvalue weighted by Gasteiger charge is 2.36. The first-order valence-corrected chi connectivity index (χ1v) is 5.90. The molecule has 3 N–H and O–H groups in total. The van der Waals surface area contributed by atoms with Gasteiger partial charge in [-0.2, -0.15) is 0 Å². The lowest BCUT2D eigenvalue weighted by molar-refractivity contribution is -0.142. The monoisotopic (exact) mass is 234 g/mol. The van der Waals surface area contributed by atoms with Crippen LogP contribution >= 0.6 is 0 Å². The van der Waals surface area contributed by atoms with Crippen molar-refractivity contribution in [3.63, 3.8) is 0 Å². The Hall–Kier alpha value is -1.39. The molecule has 1 fully saturated rings. The maximum atomic E-state index is 11.1. The van der Waals surface area contributed by atoms with Crippen LogP contribution in [0.4, 0.5) is 0 Å². The Balaban J connectivity index is 1.99. The normalized spacial score (nSPS) is 25.0. The van der Waals surface area contributed by atoms with Crippen molar-refractivity contribution in [3.8, 4) is 0 Å². The molecule has 1 aliphatic heterocycles. The zero-order chi connectivity index (χ0) is 12.3. The van der Waals surface area contributed by atoms with Crippen LogP contribution in [0.25, 0.3) is 0 Å². The summed E-state index contributed by atoms with van der Waals surface area (Å²) in [5.74, 6) is -0.962. The van der Waals surface area contributed by atoms with E-state index in [1.807, 2.05) is 18.2 Å². The van der Waals surface area contributed by atoms with Gasteiger partial charge in [0.25, 0.3) is 0 Å². The average Bonchev–Trinajstić information content (AvgIpc) is 2.73. The summed E-state index contributed by atoms with van der Waals surface area (Å²) in [4.78, 5) is 13.3. The highest BCUT2D eigenvalue weighted by molar-refractivity contribution is 5.71. The lowest BCUT2D eigenvalue weighted by Gasteiger charge is -2.15. The van der Waals surface area contributed by atoms with Crippen LogP contribution < -0.4 is 5.73 Å². The fraction of sp³-hybridized carbons (Fsp3) is 0.462. The average molecular weight is 234 g/mol. The van der Waals surface area contributed by atoms with Crippen molar-refractivity contribution in [2.75, 3.05) is 19.6 Å².